The topological polar surface area (TPSA) is 100 Å². The summed E-state index contributed by atoms with van der Waals surface area (Å²) < 4.78 is 59.8. The van der Waals surface area contributed by atoms with Crippen molar-refractivity contribution >= 4 is 22.7 Å². The maximum atomic E-state index is 13.1. The SMILES string of the molecule is Cc1ccc(C(=O)NCc2ccc(NCS(=O)O)cc2)c(=O)n1-c1cccc(C(F)(F)F)c1. The highest BCUT2D eigenvalue weighted by molar-refractivity contribution is 7.79. The van der Waals surface area contributed by atoms with E-state index >= 15 is 0 Å². The van der Waals surface area contributed by atoms with E-state index in [1.165, 1.54) is 24.3 Å². The zero-order valence-electron chi connectivity index (χ0n) is 17.3. The summed E-state index contributed by atoms with van der Waals surface area (Å²) in [5.74, 6) is -0.791. The Morgan fingerprint density at radius 1 is 1.09 bits per heavy atom. The highest BCUT2D eigenvalue weighted by Crippen LogP contribution is 2.30. The average molecular weight is 479 g/mol. The van der Waals surface area contributed by atoms with Crippen molar-refractivity contribution in [3.63, 3.8) is 0 Å². The molecule has 174 valence electrons. The van der Waals surface area contributed by atoms with Crippen LogP contribution in [0.4, 0.5) is 18.9 Å². The Morgan fingerprint density at radius 2 is 1.79 bits per heavy atom. The smallest absolute Gasteiger partial charge is 0.372 e. The maximum Gasteiger partial charge on any atom is 0.416 e. The van der Waals surface area contributed by atoms with E-state index in [0.29, 0.717) is 16.9 Å². The number of halogens is 3. The molecule has 0 spiro atoms. The van der Waals surface area contributed by atoms with Gasteiger partial charge in [-0.2, -0.15) is 13.2 Å². The largest absolute Gasteiger partial charge is 0.416 e. The lowest BCUT2D eigenvalue weighted by Crippen LogP contribution is -2.33. The van der Waals surface area contributed by atoms with Crippen LogP contribution >= 0.6 is 0 Å². The Kier molecular flexibility index (Phi) is 7.34. The first-order valence-corrected chi connectivity index (χ1v) is 10.9. The van der Waals surface area contributed by atoms with Crippen molar-refractivity contribution in [2.75, 3.05) is 11.2 Å². The molecule has 0 bridgehead atoms. The third-order valence-electron chi connectivity index (χ3n) is 4.76. The Bertz CT molecular complexity index is 1240. The molecule has 11 heteroatoms. The number of nitrogens with one attached hydrogen (secondary N) is 2. The number of carbonyl (C=O) groups excluding carboxylic acids is 1. The first kappa shape index (κ1) is 24.2. The number of nitrogens with zero attached hydrogens (tertiary/aromatic N) is 1. The fourth-order valence-electron chi connectivity index (χ4n) is 3.11. The highest BCUT2D eigenvalue weighted by atomic mass is 32.2. The lowest BCUT2D eigenvalue weighted by Gasteiger charge is -2.14. The van der Waals surface area contributed by atoms with Gasteiger partial charge in [-0.25, -0.2) is 4.21 Å². The van der Waals surface area contributed by atoms with Crippen LogP contribution in [0.2, 0.25) is 0 Å². The van der Waals surface area contributed by atoms with Crippen LogP contribution in [-0.2, 0) is 23.8 Å². The van der Waals surface area contributed by atoms with Gasteiger partial charge in [-0.05, 0) is 55.0 Å². The number of aromatic nitrogens is 1. The van der Waals surface area contributed by atoms with E-state index in [-0.39, 0.29) is 23.7 Å². The van der Waals surface area contributed by atoms with E-state index < -0.39 is 34.3 Å². The molecule has 1 heterocycles. The van der Waals surface area contributed by atoms with Crippen LogP contribution in [0.15, 0.2) is 65.5 Å². The molecule has 33 heavy (non-hydrogen) atoms. The zero-order valence-corrected chi connectivity index (χ0v) is 18.2. The predicted molar refractivity (Wildman–Crippen MR) is 119 cm³/mol. The van der Waals surface area contributed by atoms with Gasteiger partial charge in [-0.15, -0.1) is 0 Å². The molecule has 0 aliphatic carbocycles. The molecule has 0 aliphatic heterocycles. The number of pyridine rings is 1. The van der Waals surface area contributed by atoms with Crippen molar-refractivity contribution in [2.24, 2.45) is 0 Å². The molecular weight excluding hydrogens is 459 g/mol. The quantitative estimate of drug-likeness (QED) is 0.449. The number of anilines is 1. The fraction of sp³-hybridized carbons (Fsp3) is 0.182. The molecule has 2 aromatic carbocycles. The van der Waals surface area contributed by atoms with Crippen molar-refractivity contribution in [2.45, 2.75) is 19.6 Å². The molecule has 3 rings (SSSR count). The second kappa shape index (κ2) is 10.0. The standard InChI is InChI=1S/C22H20F3N3O4S/c1-14-5-10-19(21(30)28(14)18-4-2-3-16(11-18)22(23,24)25)20(29)26-12-15-6-8-17(9-7-15)27-13-33(31)32/h2-11,27H,12-13H2,1H3,(H,26,29)(H,31,32). The number of alkyl halides is 3. The molecule has 0 aliphatic rings. The fourth-order valence-corrected chi connectivity index (χ4v) is 3.40. The van der Waals surface area contributed by atoms with E-state index in [0.717, 1.165) is 16.7 Å². The van der Waals surface area contributed by atoms with Crippen molar-refractivity contribution in [1.82, 2.24) is 9.88 Å². The van der Waals surface area contributed by atoms with Crippen molar-refractivity contribution in [3.05, 3.63) is 93.4 Å². The van der Waals surface area contributed by atoms with Crippen LogP contribution in [-0.4, -0.2) is 25.1 Å². The molecule has 0 radical (unpaired) electrons. The van der Waals surface area contributed by atoms with Crippen molar-refractivity contribution in [1.29, 1.82) is 0 Å². The van der Waals surface area contributed by atoms with E-state index in [1.54, 1.807) is 31.2 Å². The van der Waals surface area contributed by atoms with Gasteiger partial charge in [0.25, 0.3) is 11.5 Å². The van der Waals surface area contributed by atoms with Gasteiger partial charge in [0.1, 0.15) is 11.4 Å². The summed E-state index contributed by atoms with van der Waals surface area (Å²) in [6, 6.07) is 13.9. The van der Waals surface area contributed by atoms with E-state index in [4.69, 9.17) is 4.55 Å². The van der Waals surface area contributed by atoms with Gasteiger partial charge in [-0.1, -0.05) is 18.2 Å². The minimum Gasteiger partial charge on any atom is -0.372 e. The first-order chi connectivity index (χ1) is 15.6. The van der Waals surface area contributed by atoms with E-state index in [1.807, 2.05) is 0 Å². The number of rotatable bonds is 7. The summed E-state index contributed by atoms with van der Waals surface area (Å²) in [4.78, 5) is 25.6. The minimum absolute atomic E-state index is 0.00822. The number of aryl methyl sites for hydroxylation is 1. The predicted octanol–water partition coefficient (Wildman–Crippen LogP) is 3.69. The number of hydrogen-bond donors (Lipinski definition) is 3. The molecule has 7 nitrogen and oxygen atoms in total. The van der Waals surface area contributed by atoms with Crippen LogP contribution < -0.4 is 16.2 Å². The summed E-state index contributed by atoms with van der Waals surface area (Å²) in [5, 5.41) is 5.38. The van der Waals surface area contributed by atoms with Crippen LogP contribution in [0.1, 0.15) is 27.2 Å². The van der Waals surface area contributed by atoms with Crippen LogP contribution in [0.25, 0.3) is 5.69 Å². The van der Waals surface area contributed by atoms with Crippen molar-refractivity contribution in [3.8, 4) is 5.69 Å². The third-order valence-corrected chi connectivity index (χ3v) is 5.15. The molecule has 0 saturated carbocycles. The summed E-state index contributed by atoms with van der Waals surface area (Å²) in [5.41, 5.74) is -0.120. The van der Waals surface area contributed by atoms with Crippen LogP contribution in [0.3, 0.4) is 0 Å². The Balaban J connectivity index is 1.79. The molecule has 1 amide bonds. The van der Waals surface area contributed by atoms with Crippen molar-refractivity contribution < 1.29 is 26.7 Å². The van der Waals surface area contributed by atoms with E-state index in [9.17, 15) is 27.0 Å². The lowest BCUT2D eigenvalue weighted by atomic mass is 10.1. The van der Waals surface area contributed by atoms with Gasteiger partial charge in [0.2, 0.25) is 0 Å². The normalized spacial score (nSPS) is 12.3. The van der Waals surface area contributed by atoms with Crippen LogP contribution in [0.5, 0.6) is 0 Å². The Hall–Kier alpha value is -3.44. The summed E-state index contributed by atoms with van der Waals surface area (Å²) in [6.07, 6.45) is -4.57. The molecule has 1 aromatic heterocycles. The molecule has 1 atom stereocenters. The third kappa shape index (κ3) is 6.08. The van der Waals surface area contributed by atoms with Gasteiger partial charge in [0, 0.05) is 23.6 Å². The Morgan fingerprint density at radius 3 is 2.42 bits per heavy atom. The number of carbonyl (C=O) groups is 1. The summed E-state index contributed by atoms with van der Waals surface area (Å²) in [6.45, 7) is 1.66. The van der Waals surface area contributed by atoms with E-state index in [2.05, 4.69) is 10.6 Å². The maximum absolute atomic E-state index is 13.1. The van der Waals surface area contributed by atoms with Gasteiger partial charge >= 0.3 is 6.18 Å². The monoisotopic (exact) mass is 479 g/mol. The second-order valence-electron chi connectivity index (χ2n) is 7.10. The van der Waals surface area contributed by atoms with Gasteiger partial charge in [0.05, 0.1) is 5.56 Å². The molecule has 3 N–H and O–H groups in total. The molecular formula is C22H20F3N3O4S. The van der Waals surface area contributed by atoms with Gasteiger partial charge < -0.3 is 15.2 Å². The van der Waals surface area contributed by atoms with Crippen LogP contribution in [0, 0.1) is 6.92 Å². The summed E-state index contributed by atoms with van der Waals surface area (Å²) in [7, 11) is 0. The molecule has 1 unspecified atom stereocenters. The molecule has 3 aromatic rings. The number of amides is 1. The highest BCUT2D eigenvalue weighted by Gasteiger charge is 2.30. The number of hydrogen-bond acceptors (Lipinski definition) is 4. The minimum atomic E-state index is -4.57. The second-order valence-corrected chi connectivity index (χ2v) is 8.03. The molecule has 0 saturated heterocycles. The number of benzene rings is 2. The average Bonchev–Trinajstić information content (AvgIpc) is 2.76. The van der Waals surface area contributed by atoms with Gasteiger partial charge in [-0.3, -0.25) is 14.2 Å². The van der Waals surface area contributed by atoms with Gasteiger partial charge in [0.15, 0.2) is 11.1 Å². The Labute approximate surface area is 189 Å². The zero-order chi connectivity index (χ0) is 24.2. The molecule has 0 fully saturated rings. The summed E-state index contributed by atoms with van der Waals surface area (Å²) >= 11 is -1.98. The lowest BCUT2D eigenvalue weighted by molar-refractivity contribution is -0.137. The first-order valence-electron chi connectivity index (χ1n) is 9.65.